The molecule has 1 heterocycles. The average molecular weight is 410 g/mol. The molecule has 2 rings (SSSR count). The number of aromatic amines is 1. The second kappa shape index (κ2) is 8.70. The summed E-state index contributed by atoms with van der Waals surface area (Å²) in [6, 6.07) is 5.34. The quantitative estimate of drug-likeness (QED) is 0.390. The number of aromatic nitrogens is 3. The van der Waals surface area contributed by atoms with Crippen LogP contribution in [-0.2, 0) is 11.2 Å². The number of ether oxygens (including phenoxy) is 1. The van der Waals surface area contributed by atoms with Crippen molar-refractivity contribution < 1.29 is 14.6 Å². The number of carbonyl (C=O) groups is 1. The fraction of sp³-hybridized carbons (Fsp3) is 0.188. The molecule has 0 spiro atoms. The van der Waals surface area contributed by atoms with E-state index in [9.17, 15) is 9.90 Å². The lowest BCUT2D eigenvalue weighted by Crippen LogP contribution is -1.98. The molecular weight excluding hydrogens is 394 g/mol. The number of halogens is 1. The Bertz CT molecular complexity index is 774. The number of nitrogens with one attached hydrogen (secondary N) is 1. The fourth-order valence-electron chi connectivity index (χ4n) is 1.74. The molecule has 0 unspecified atom stereocenters. The van der Waals surface area contributed by atoms with Gasteiger partial charge in [0, 0.05) is 6.42 Å². The molecule has 2 N–H and O–H groups in total. The summed E-state index contributed by atoms with van der Waals surface area (Å²) in [5, 5.41) is 16.5. The van der Waals surface area contributed by atoms with Gasteiger partial charge in [-0.2, -0.15) is 0 Å². The van der Waals surface area contributed by atoms with Crippen molar-refractivity contribution in [2.75, 3.05) is 6.61 Å². The first-order valence-electron chi connectivity index (χ1n) is 7.10. The van der Waals surface area contributed by atoms with Crippen molar-refractivity contribution >= 4 is 39.7 Å². The van der Waals surface area contributed by atoms with Crippen molar-refractivity contribution in [2.45, 2.75) is 18.5 Å². The van der Waals surface area contributed by atoms with Crippen LogP contribution in [0, 0.1) is 0 Å². The summed E-state index contributed by atoms with van der Waals surface area (Å²) in [5.41, 5.74) is 0.726. The largest absolute Gasteiger partial charge is 0.488 e. The lowest BCUT2D eigenvalue weighted by molar-refractivity contribution is -0.131. The van der Waals surface area contributed by atoms with Crippen LogP contribution < -0.4 is 4.74 Å². The molecule has 24 heavy (non-hydrogen) atoms. The third kappa shape index (κ3) is 4.97. The number of aliphatic carboxylic acids is 1. The van der Waals surface area contributed by atoms with Gasteiger partial charge in [-0.05, 0) is 51.5 Å². The molecule has 0 aliphatic rings. The van der Waals surface area contributed by atoms with Crippen LogP contribution in [0.25, 0.3) is 6.08 Å². The maximum Gasteiger partial charge on any atom is 0.342 e. The highest BCUT2D eigenvalue weighted by molar-refractivity contribution is 9.10. The van der Waals surface area contributed by atoms with Crippen LogP contribution in [0.5, 0.6) is 5.75 Å². The van der Waals surface area contributed by atoms with Crippen LogP contribution >= 0.6 is 27.7 Å². The third-order valence-electron chi connectivity index (χ3n) is 2.87. The van der Waals surface area contributed by atoms with Gasteiger partial charge in [0.25, 0.3) is 0 Å². The zero-order chi connectivity index (χ0) is 17.5. The molecule has 6 nitrogen and oxygen atoms in total. The molecule has 0 saturated heterocycles. The fourth-order valence-corrected chi connectivity index (χ4v) is 2.98. The van der Waals surface area contributed by atoms with E-state index in [2.05, 4.69) is 37.7 Å². The van der Waals surface area contributed by atoms with Gasteiger partial charge in [0.1, 0.15) is 23.1 Å². The number of hydrogen-bond acceptors (Lipinski definition) is 5. The molecule has 8 heteroatoms. The number of carboxylic acid groups (broad SMARTS) is 1. The molecule has 0 amide bonds. The van der Waals surface area contributed by atoms with Gasteiger partial charge >= 0.3 is 5.97 Å². The number of rotatable bonds is 8. The molecule has 1 aromatic carbocycles. The number of thioether (sulfide) groups is 1. The van der Waals surface area contributed by atoms with Gasteiger partial charge in [-0.15, -0.1) is 5.10 Å². The number of H-pyrrole nitrogens is 1. The molecule has 0 aliphatic carbocycles. The summed E-state index contributed by atoms with van der Waals surface area (Å²) < 4.78 is 6.21. The number of aryl methyl sites for hydroxylation is 1. The van der Waals surface area contributed by atoms with E-state index < -0.39 is 5.97 Å². The van der Waals surface area contributed by atoms with Gasteiger partial charge in [0.15, 0.2) is 0 Å². The zero-order valence-electron chi connectivity index (χ0n) is 13.0. The second-order valence-corrected chi connectivity index (χ2v) is 6.49. The highest BCUT2D eigenvalue weighted by Gasteiger charge is 2.14. The zero-order valence-corrected chi connectivity index (χ0v) is 15.4. The van der Waals surface area contributed by atoms with E-state index in [0.717, 1.165) is 21.8 Å². The van der Waals surface area contributed by atoms with E-state index in [1.165, 1.54) is 0 Å². The Hall–Kier alpha value is -2.06. The SMILES string of the molecule is C=CCOc1ccc(/C=C(\Sc2n[nH]c(CC)n2)C(=O)O)cc1Br. The van der Waals surface area contributed by atoms with E-state index in [-0.39, 0.29) is 4.91 Å². The first kappa shape index (κ1) is 18.3. The Morgan fingerprint density at radius 3 is 2.92 bits per heavy atom. The number of benzene rings is 1. The van der Waals surface area contributed by atoms with Gasteiger partial charge < -0.3 is 9.84 Å². The van der Waals surface area contributed by atoms with Crippen molar-refractivity contribution in [3.8, 4) is 5.75 Å². The lowest BCUT2D eigenvalue weighted by Gasteiger charge is -2.07. The van der Waals surface area contributed by atoms with Crippen molar-refractivity contribution in [3.05, 3.63) is 51.6 Å². The Labute approximate surface area is 152 Å². The van der Waals surface area contributed by atoms with Gasteiger partial charge in [0.2, 0.25) is 5.16 Å². The highest BCUT2D eigenvalue weighted by atomic mass is 79.9. The standard InChI is InChI=1S/C16H16BrN3O3S/c1-3-7-23-12-6-5-10(8-11(12)17)9-13(15(21)22)24-16-18-14(4-2)19-20-16/h3,5-6,8-9H,1,4,7H2,2H3,(H,21,22)(H,18,19,20)/b13-9-. The average Bonchev–Trinajstić information content (AvgIpc) is 3.01. The highest BCUT2D eigenvalue weighted by Crippen LogP contribution is 2.30. The van der Waals surface area contributed by atoms with Gasteiger partial charge in [0.05, 0.1) is 4.47 Å². The summed E-state index contributed by atoms with van der Waals surface area (Å²) in [6.07, 6.45) is 3.93. The third-order valence-corrected chi connectivity index (χ3v) is 4.37. The Balaban J connectivity index is 2.22. The summed E-state index contributed by atoms with van der Waals surface area (Å²) in [5.74, 6) is 0.345. The van der Waals surface area contributed by atoms with Crippen molar-refractivity contribution in [1.82, 2.24) is 15.2 Å². The summed E-state index contributed by atoms with van der Waals surface area (Å²) in [6.45, 7) is 5.94. The molecule has 2 aromatic rings. The van der Waals surface area contributed by atoms with Crippen LogP contribution in [0.15, 0.2) is 45.4 Å². The molecule has 0 radical (unpaired) electrons. The molecule has 0 atom stereocenters. The van der Waals surface area contributed by atoms with E-state index in [1.807, 2.05) is 6.92 Å². The molecule has 0 aliphatic heterocycles. The van der Waals surface area contributed by atoms with Gasteiger partial charge in [-0.25, -0.2) is 9.78 Å². The number of nitrogens with zero attached hydrogens (tertiary/aromatic N) is 2. The van der Waals surface area contributed by atoms with E-state index in [4.69, 9.17) is 4.74 Å². The topological polar surface area (TPSA) is 88.1 Å². The molecule has 1 aromatic heterocycles. The number of carboxylic acids is 1. The van der Waals surface area contributed by atoms with Crippen molar-refractivity contribution in [3.63, 3.8) is 0 Å². The first-order valence-corrected chi connectivity index (χ1v) is 8.71. The van der Waals surface area contributed by atoms with Crippen LogP contribution in [0.1, 0.15) is 18.3 Å². The minimum Gasteiger partial charge on any atom is -0.488 e. The molecule has 126 valence electrons. The molecule has 0 bridgehead atoms. The lowest BCUT2D eigenvalue weighted by atomic mass is 10.2. The van der Waals surface area contributed by atoms with Crippen LogP contribution in [0.2, 0.25) is 0 Å². The van der Waals surface area contributed by atoms with Crippen molar-refractivity contribution in [1.29, 1.82) is 0 Å². The monoisotopic (exact) mass is 409 g/mol. The molecule has 0 fully saturated rings. The smallest absolute Gasteiger partial charge is 0.342 e. The number of hydrogen-bond donors (Lipinski definition) is 2. The summed E-state index contributed by atoms with van der Waals surface area (Å²) in [4.78, 5) is 15.8. The Morgan fingerprint density at radius 1 is 1.54 bits per heavy atom. The van der Waals surface area contributed by atoms with Gasteiger partial charge in [-0.3, -0.25) is 5.10 Å². The Kier molecular flexibility index (Phi) is 6.62. The summed E-state index contributed by atoms with van der Waals surface area (Å²) >= 11 is 4.41. The molecule has 0 saturated carbocycles. The second-order valence-electron chi connectivity index (χ2n) is 4.62. The normalized spacial score (nSPS) is 11.3. The minimum atomic E-state index is -1.04. The summed E-state index contributed by atoms with van der Waals surface area (Å²) in [7, 11) is 0. The predicted octanol–water partition coefficient (Wildman–Crippen LogP) is 3.91. The van der Waals surface area contributed by atoms with E-state index in [0.29, 0.717) is 29.8 Å². The molecular formula is C16H16BrN3O3S. The first-order chi connectivity index (χ1) is 11.5. The van der Waals surface area contributed by atoms with E-state index in [1.54, 1.807) is 30.4 Å². The van der Waals surface area contributed by atoms with E-state index >= 15 is 0 Å². The maximum absolute atomic E-state index is 11.5. The minimum absolute atomic E-state index is 0.128. The van der Waals surface area contributed by atoms with Gasteiger partial charge in [-0.1, -0.05) is 25.6 Å². The maximum atomic E-state index is 11.5. The van der Waals surface area contributed by atoms with Crippen LogP contribution in [-0.4, -0.2) is 32.9 Å². The van der Waals surface area contributed by atoms with Crippen LogP contribution in [0.4, 0.5) is 0 Å². The Morgan fingerprint density at radius 2 is 2.33 bits per heavy atom. The predicted molar refractivity (Wildman–Crippen MR) is 97.1 cm³/mol. The van der Waals surface area contributed by atoms with Crippen LogP contribution in [0.3, 0.4) is 0 Å². The van der Waals surface area contributed by atoms with Crippen molar-refractivity contribution in [2.24, 2.45) is 0 Å².